The van der Waals surface area contributed by atoms with Gasteiger partial charge in [-0.3, -0.25) is 0 Å². The molecular weight excluding hydrogens is 856 g/mol. The predicted molar refractivity (Wildman–Crippen MR) is 287 cm³/mol. The van der Waals surface area contributed by atoms with E-state index in [4.69, 9.17) is 9.47 Å². The van der Waals surface area contributed by atoms with Crippen molar-refractivity contribution in [3.05, 3.63) is 187 Å². The van der Waals surface area contributed by atoms with Crippen molar-refractivity contribution in [2.75, 3.05) is 16.6 Å². The van der Waals surface area contributed by atoms with Crippen molar-refractivity contribution in [1.29, 1.82) is 0 Å². The lowest BCUT2D eigenvalue weighted by atomic mass is 9.33. The van der Waals surface area contributed by atoms with Crippen LogP contribution >= 0.6 is 22.7 Å². The molecule has 0 N–H and O–H groups in total. The fraction of sp³-hybridized carbons (Fsp3) is 0.100. The maximum absolute atomic E-state index is 6.01. The first kappa shape index (κ1) is 38.9. The molecule has 7 heteroatoms. The molecule has 320 valence electrons. The van der Waals surface area contributed by atoms with Crippen LogP contribution in [0.5, 0.6) is 11.5 Å². The summed E-state index contributed by atoms with van der Waals surface area (Å²) in [5.74, 6) is 1.55. The Balaban J connectivity index is 0.986. The van der Waals surface area contributed by atoms with Crippen molar-refractivity contribution >= 4 is 120 Å². The molecule has 0 radical (unpaired) electrons. The molecule has 0 amide bonds. The summed E-state index contributed by atoms with van der Waals surface area (Å²) in [6.07, 6.45) is 0. The van der Waals surface area contributed by atoms with Gasteiger partial charge in [0.05, 0.1) is 5.69 Å². The average molecular weight is 899 g/mol. The number of benzene rings is 9. The lowest BCUT2D eigenvalue weighted by molar-refractivity contribution is 0.174. The van der Waals surface area contributed by atoms with Gasteiger partial charge >= 0.3 is 0 Å². The fourth-order valence-corrected chi connectivity index (χ4v) is 13.3. The van der Waals surface area contributed by atoms with Crippen LogP contribution in [0.25, 0.3) is 62.6 Å². The molecule has 3 aliphatic heterocycles. The zero-order valence-electron chi connectivity index (χ0n) is 37.6. The molecular formula is C60H43BN2O2S2. The first-order valence-corrected chi connectivity index (χ1v) is 24.7. The highest BCUT2D eigenvalue weighted by molar-refractivity contribution is 7.26. The second kappa shape index (κ2) is 14.3. The molecule has 0 fully saturated rings. The lowest BCUT2D eigenvalue weighted by Crippen LogP contribution is -2.61. The van der Waals surface area contributed by atoms with Crippen LogP contribution in [0.2, 0.25) is 0 Å². The summed E-state index contributed by atoms with van der Waals surface area (Å²) < 4.78 is 17.1. The van der Waals surface area contributed by atoms with Crippen molar-refractivity contribution in [2.45, 2.75) is 33.1 Å². The third kappa shape index (κ3) is 5.97. The molecule has 11 aromatic rings. The zero-order chi connectivity index (χ0) is 44.7. The van der Waals surface area contributed by atoms with Gasteiger partial charge in [0.1, 0.15) is 0 Å². The maximum Gasteiger partial charge on any atom is 0.252 e. The molecule has 14 rings (SSSR count). The zero-order valence-corrected chi connectivity index (χ0v) is 39.2. The molecule has 9 aromatic carbocycles. The first-order valence-electron chi connectivity index (χ1n) is 23.1. The smallest absolute Gasteiger partial charge is 0.252 e. The first-order chi connectivity index (χ1) is 32.7. The summed E-state index contributed by atoms with van der Waals surface area (Å²) >= 11 is 3.74. The molecule has 0 saturated carbocycles. The summed E-state index contributed by atoms with van der Waals surface area (Å²) in [6.45, 7) is 9.39. The third-order valence-electron chi connectivity index (χ3n) is 14.2. The third-order valence-corrected chi connectivity index (χ3v) is 16.5. The predicted octanol–water partition coefficient (Wildman–Crippen LogP) is 15.2. The summed E-state index contributed by atoms with van der Waals surface area (Å²) in [4.78, 5) is 4.98. The number of hydrogen-bond acceptors (Lipinski definition) is 6. The normalized spacial score (nSPS) is 13.8. The number of ether oxygens (including phenoxy) is 2. The van der Waals surface area contributed by atoms with Gasteiger partial charge in [-0.1, -0.05) is 118 Å². The quantitative estimate of drug-likeness (QED) is 0.164. The minimum atomic E-state index is -0.0523. The van der Waals surface area contributed by atoms with Crippen LogP contribution in [-0.2, 0) is 5.41 Å². The van der Waals surface area contributed by atoms with E-state index in [-0.39, 0.29) is 18.9 Å². The highest BCUT2D eigenvalue weighted by Crippen LogP contribution is 2.48. The van der Waals surface area contributed by atoms with Crippen molar-refractivity contribution in [3.8, 4) is 33.8 Å². The minimum Gasteiger partial charge on any atom is -0.454 e. The Kier molecular flexibility index (Phi) is 8.33. The van der Waals surface area contributed by atoms with Crippen molar-refractivity contribution in [3.63, 3.8) is 0 Å². The lowest BCUT2D eigenvalue weighted by Gasteiger charge is -2.45. The Morgan fingerprint density at radius 2 is 0.970 bits per heavy atom. The van der Waals surface area contributed by atoms with Crippen LogP contribution in [0.3, 0.4) is 0 Å². The molecule has 5 heterocycles. The van der Waals surface area contributed by atoms with E-state index < -0.39 is 0 Å². The maximum atomic E-state index is 6.01. The molecule has 0 saturated heterocycles. The number of thiophene rings is 2. The summed E-state index contributed by atoms with van der Waals surface area (Å²) in [6, 6.07) is 66.2. The highest BCUT2D eigenvalue weighted by Gasteiger charge is 2.44. The van der Waals surface area contributed by atoms with Gasteiger partial charge in [-0.2, -0.15) is 0 Å². The van der Waals surface area contributed by atoms with Crippen LogP contribution < -0.4 is 35.7 Å². The Bertz CT molecular complexity index is 3880. The van der Waals surface area contributed by atoms with Gasteiger partial charge in [-0.15, -0.1) is 22.7 Å². The number of rotatable bonds is 4. The van der Waals surface area contributed by atoms with Crippen LogP contribution in [0.4, 0.5) is 34.1 Å². The van der Waals surface area contributed by atoms with Crippen LogP contribution in [0.1, 0.15) is 31.9 Å². The summed E-state index contributed by atoms with van der Waals surface area (Å²) in [5, 5.41) is 5.28. The Labute approximate surface area is 398 Å². The number of fused-ring (bicyclic) bond motifs is 11. The molecule has 2 aromatic heterocycles. The largest absolute Gasteiger partial charge is 0.454 e. The second-order valence-corrected chi connectivity index (χ2v) is 21.5. The van der Waals surface area contributed by atoms with E-state index >= 15 is 0 Å². The highest BCUT2D eigenvalue weighted by atomic mass is 32.1. The van der Waals surface area contributed by atoms with Crippen LogP contribution in [0.15, 0.2) is 176 Å². The Hall–Kier alpha value is -7.32. The average Bonchev–Trinajstić information content (AvgIpc) is 4.08. The van der Waals surface area contributed by atoms with Gasteiger partial charge in [0, 0.05) is 74.8 Å². The van der Waals surface area contributed by atoms with E-state index in [1.807, 2.05) is 22.7 Å². The van der Waals surface area contributed by atoms with Crippen molar-refractivity contribution in [2.24, 2.45) is 0 Å². The molecule has 0 unspecified atom stereocenters. The molecule has 0 spiro atoms. The molecule has 0 aliphatic carbocycles. The standard InChI is InChI=1S/C60H43BN2O2S2/c1-35-27-51-59-52(28-35)63(42-21-26-53-54(33-42)65-34-64-53)50-25-18-40(60(2,3)4)32-48(50)61(59)47-29-37(39-16-23-46-44-10-6-8-12-56(44)67-58(46)31-39)17-24-49(47)62(51)41-19-13-36(14-20-41)38-15-22-45-43-9-5-7-11-55(43)66-57(45)30-38/h5-33H,34H2,1-4H3. The van der Waals surface area contributed by atoms with E-state index in [0.717, 1.165) is 22.9 Å². The van der Waals surface area contributed by atoms with Gasteiger partial charge in [-0.25, -0.2) is 0 Å². The van der Waals surface area contributed by atoms with E-state index in [0.29, 0.717) is 0 Å². The van der Waals surface area contributed by atoms with E-state index in [9.17, 15) is 0 Å². The molecule has 3 aliphatic rings. The number of nitrogens with zero attached hydrogens (tertiary/aromatic N) is 2. The molecule has 0 bridgehead atoms. The van der Waals surface area contributed by atoms with Gasteiger partial charge in [0.15, 0.2) is 11.5 Å². The number of anilines is 6. The van der Waals surface area contributed by atoms with Crippen LogP contribution in [-0.4, -0.2) is 13.5 Å². The van der Waals surface area contributed by atoms with Gasteiger partial charge in [-0.05, 0) is 135 Å². The molecule has 4 nitrogen and oxygen atoms in total. The fourth-order valence-electron chi connectivity index (χ4n) is 11.0. The molecule has 67 heavy (non-hydrogen) atoms. The van der Waals surface area contributed by atoms with Crippen LogP contribution in [0, 0.1) is 6.92 Å². The van der Waals surface area contributed by atoms with Gasteiger partial charge < -0.3 is 19.3 Å². The number of aryl methyl sites for hydroxylation is 1. The summed E-state index contributed by atoms with van der Waals surface area (Å²) in [7, 11) is 0. The van der Waals surface area contributed by atoms with Crippen molar-refractivity contribution in [1.82, 2.24) is 0 Å². The Morgan fingerprint density at radius 1 is 0.448 bits per heavy atom. The van der Waals surface area contributed by atoms with Gasteiger partial charge in [0.2, 0.25) is 6.79 Å². The van der Waals surface area contributed by atoms with Crippen molar-refractivity contribution < 1.29 is 9.47 Å². The monoisotopic (exact) mass is 898 g/mol. The Morgan fingerprint density at radius 3 is 1.64 bits per heavy atom. The topological polar surface area (TPSA) is 24.9 Å². The minimum absolute atomic E-state index is 0.0280. The second-order valence-electron chi connectivity index (χ2n) is 19.3. The van der Waals surface area contributed by atoms with E-state index in [1.165, 1.54) is 113 Å². The summed E-state index contributed by atoms with van der Waals surface area (Å²) in [5.41, 5.74) is 18.1. The van der Waals surface area contributed by atoms with E-state index in [2.05, 4.69) is 213 Å². The SMILES string of the molecule is Cc1cc2c3c(c1)N(c1ccc4c(c1)OCO4)c1ccc(C(C)(C)C)cc1B3c1cc(-c3ccc4c(c3)sc3ccccc34)ccc1N2c1ccc(-c2ccc3c(c2)sc2ccccc23)cc1. The van der Waals surface area contributed by atoms with Gasteiger partial charge in [0.25, 0.3) is 6.71 Å². The molecule has 0 atom stereocenters. The number of hydrogen-bond donors (Lipinski definition) is 0. The van der Waals surface area contributed by atoms with E-state index in [1.54, 1.807) is 0 Å².